The van der Waals surface area contributed by atoms with E-state index in [-0.39, 0.29) is 11.7 Å². The minimum atomic E-state index is -0.199. The third-order valence-electron chi connectivity index (χ3n) is 4.36. The van der Waals surface area contributed by atoms with Gasteiger partial charge in [0, 0.05) is 18.8 Å². The molecule has 6 nitrogen and oxygen atoms in total. The number of nitrogens with one attached hydrogen (secondary N) is 1. The first-order valence-corrected chi connectivity index (χ1v) is 9.87. The number of nitrogens with zero attached hydrogens (tertiary/aromatic N) is 2. The molecule has 1 amide bonds. The van der Waals surface area contributed by atoms with Gasteiger partial charge in [-0.3, -0.25) is 4.79 Å². The molecule has 1 aliphatic heterocycles. The van der Waals surface area contributed by atoms with E-state index in [0.717, 1.165) is 30.0 Å². The van der Waals surface area contributed by atoms with Crippen LogP contribution in [0.1, 0.15) is 19.4 Å². The average Bonchev–Trinajstić information content (AvgIpc) is 3.04. The van der Waals surface area contributed by atoms with Crippen molar-refractivity contribution in [3.05, 3.63) is 52.9 Å². The molecule has 146 valence electrons. The molecule has 0 aliphatic carbocycles. The number of hydrogen-bond donors (Lipinski definition) is 2. The van der Waals surface area contributed by atoms with Gasteiger partial charge in [-0.25, -0.2) is 4.99 Å². The first-order valence-electron chi connectivity index (χ1n) is 9.05. The van der Waals surface area contributed by atoms with Gasteiger partial charge in [-0.1, -0.05) is 6.07 Å². The molecule has 1 fully saturated rings. The number of thioether (sulfide) groups is 1. The maximum Gasteiger partial charge on any atom is 0.264 e. The van der Waals surface area contributed by atoms with E-state index in [2.05, 4.69) is 29.1 Å². The zero-order valence-corrected chi connectivity index (χ0v) is 16.9. The first kappa shape index (κ1) is 19.8. The van der Waals surface area contributed by atoms with Crippen LogP contribution in [0.3, 0.4) is 0 Å². The maximum atomic E-state index is 12.3. The fourth-order valence-electron chi connectivity index (χ4n) is 2.86. The smallest absolute Gasteiger partial charge is 0.264 e. The number of ether oxygens (including phenoxy) is 1. The van der Waals surface area contributed by atoms with Crippen LogP contribution in [-0.2, 0) is 4.79 Å². The Morgan fingerprint density at radius 2 is 1.89 bits per heavy atom. The molecule has 28 heavy (non-hydrogen) atoms. The highest BCUT2D eigenvalue weighted by Gasteiger charge is 2.24. The van der Waals surface area contributed by atoms with E-state index in [1.165, 1.54) is 24.9 Å². The van der Waals surface area contributed by atoms with Gasteiger partial charge in [0.15, 0.2) is 16.7 Å². The number of amidine groups is 1. The van der Waals surface area contributed by atoms with Crippen LogP contribution in [0.15, 0.2) is 52.4 Å². The highest BCUT2D eigenvalue weighted by atomic mass is 32.2. The molecule has 0 bridgehead atoms. The number of rotatable bonds is 6. The number of phenolic OH excluding ortho intramolecular Hbond substituents is 1. The normalized spacial score (nSPS) is 16.5. The molecule has 1 saturated heterocycles. The van der Waals surface area contributed by atoms with Gasteiger partial charge >= 0.3 is 0 Å². The number of phenols is 1. The Bertz CT molecular complexity index is 919. The number of carbonyl (C=O) groups is 1. The SMILES string of the molecule is CCN(CC)c1ccc(N=C2NC(=O)C(=Cc3ccc(O)c(OC)c3)S2)cc1. The molecular formula is C21H23N3O3S. The summed E-state index contributed by atoms with van der Waals surface area (Å²) in [5, 5.41) is 13.0. The summed E-state index contributed by atoms with van der Waals surface area (Å²) < 4.78 is 5.11. The maximum absolute atomic E-state index is 12.3. The Morgan fingerprint density at radius 1 is 1.18 bits per heavy atom. The monoisotopic (exact) mass is 397 g/mol. The summed E-state index contributed by atoms with van der Waals surface area (Å²) in [6, 6.07) is 12.9. The second kappa shape index (κ2) is 8.84. The fraction of sp³-hybridized carbons (Fsp3) is 0.238. The Kier molecular flexibility index (Phi) is 6.26. The minimum Gasteiger partial charge on any atom is -0.504 e. The molecule has 1 aliphatic rings. The number of benzene rings is 2. The lowest BCUT2D eigenvalue weighted by Gasteiger charge is -2.20. The summed E-state index contributed by atoms with van der Waals surface area (Å²) in [5.74, 6) is 0.221. The molecule has 3 rings (SSSR count). The van der Waals surface area contributed by atoms with Crippen LogP contribution in [0.4, 0.5) is 11.4 Å². The lowest BCUT2D eigenvalue weighted by Crippen LogP contribution is -2.21. The molecule has 1 heterocycles. The van der Waals surface area contributed by atoms with Gasteiger partial charge < -0.3 is 20.1 Å². The topological polar surface area (TPSA) is 74.2 Å². The van der Waals surface area contributed by atoms with Crippen molar-refractivity contribution in [2.75, 3.05) is 25.1 Å². The average molecular weight is 398 g/mol. The second-order valence-electron chi connectivity index (χ2n) is 6.10. The van der Waals surface area contributed by atoms with Crippen LogP contribution in [0.5, 0.6) is 11.5 Å². The number of amides is 1. The lowest BCUT2D eigenvalue weighted by atomic mass is 10.2. The van der Waals surface area contributed by atoms with Crippen molar-refractivity contribution in [3.8, 4) is 11.5 Å². The molecule has 0 saturated carbocycles. The highest BCUT2D eigenvalue weighted by molar-refractivity contribution is 8.18. The van der Waals surface area contributed by atoms with Crippen molar-refractivity contribution in [2.45, 2.75) is 13.8 Å². The Hall–Kier alpha value is -2.93. The van der Waals surface area contributed by atoms with Gasteiger partial charge in [0.1, 0.15) is 0 Å². The van der Waals surface area contributed by atoms with E-state index in [4.69, 9.17) is 4.74 Å². The van der Waals surface area contributed by atoms with Crippen molar-refractivity contribution in [1.29, 1.82) is 0 Å². The summed E-state index contributed by atoms with van der Waals surface area (Å²) in [5.41, 5.74) is 2.70. The fourth-order valence-corrected chi connectivity index (χ4v) is 3.70. The van der Waals surface area contributed by atoms with Crippen molar-refractivity contribution < 1.29 is 14.6 Å². The van der Waals surface area contributed by atoms with Gasteiger partial charge in [-0.05, 0) is 73.6 Å². The summed E-state index contributed by atoms with van der Waals surface area (Å²) >= 11 is 1.28. The Labute approximate surface area is 168 Å². The molecule has 2 N–H and O–H groups in total. The first-order chi connectivity index (χ1) is 13.5. The minimum absolute atomic E-state index is 0.0589. The predicted molar refractivity (Wildman–Crippen MR) is 115 cm³/mol. The number of hydrogen-bond acceptors (Lipinski definition) is 6. The molecule has 0 atom stereocenters. The molecule has 2 aromatic rings. The van der Waals surface area contributed by atoms with Crippen LogP contribution in [0.2, 0.25) is 0 Å². The van der Waals surface area contributed by atoms with E-state index >= 15 is 0 Å². The number of carbonyl (C=O) groups excluding carboxylic acids is 1. The largest absolute Gasteiger partial charge is 0.504 e. The van der Waals surface area contributed by atoms with Crippen LogP contribution >= 0.6 is 11.8 Å². The van der Waals surface area contributed by atoms with Gasteiger partial charge in [-0.2, -0.15) is 0 Å². The van der Waals surface area contributed by atoms with Crippen molar-refractivity contribution >= 4 is 40.3 Å². The molecule has 0 spiro atoms. The second-order valence-corrected chi connectivity index (χ2v) is 7.13. The van der Waals surface area contributed by atoms with Crippen LogP contribution in [0.25, 0.3) is 6.08 Å². The van der Waals surface area contributed by atoms with Gasteiger partial charge in [0.05, 0.1) is 17.7 Å². The van der Waals surface area contributed by atoms with Crippen molar-refractivity contribution in [1.82, 2.24) is 5.32 Å². The van der Waals surface area contributed by atoms with E-state index in [9.17, 15) is 9.90 Å². The van der Waals surface area contributed by atoms with Crippen molar-refractivity contribution in [3.63, 3.8) is 0 Å². The van der Waals surface area contributed by atoms with Gasteiger partial charge in [0.25, 0.3) is 5.91 Å². The molecule has 2 aromatic carbocycles. The molecule has 0 aromatic heterocycles. The van der Waals surface area contributed by atoms with E-state index < -0.39 is 0 Å². The zero-order valence-electron chi connectivity index (χ0n) is 16.1. The van der Waals surface area contributed by atoms with Crippen LogP contribution < -0.4 is 15.0 Å². The number of aromatic hydroxyl groups is 1. The number of aliphatic imine (C=N–C) groups is 1. The van der Waals surface area contributed by atoms with E-state index in [0.29, 0.717) is 15.8 Å². The highest BCUT2D eigenvalue weighted by Crippen LogP contribution is 2.31. The molecule has 0 radical (unpaired) electrons. The van der Waals surface area contributed by atoms with Crippen LogP contribution in [-0.4, -0.2) is 36.4 Å². The Morgan fingerprint density at radius 3 is 2.54 bits per heavy atom. The summed E-state index contributed by atoms with van der Waals surface area (Å²) in [6.45, 7) is 6.15. The van der Waals surface area contributed by atoms with E-state index in [1.54, 1.807) is 18.2 Å². The third-order valence-corrected chi connectivity index (χ3v) is 5.27. The van der Waals surface area contributed by atoms with Gasteiger partial charge in [-0.15, -0.1) is 0 Å². The third kappa shape index (κ3) is 4.48. The molecule has 7 heteroatoms. The number of methoxy groups -OCH3 is 1. The Balaban J connectivity index is 1.76. The van der Waals surface area contributed by atoms with Crippen LogP contribution in [0, 0.1) is 0 Å². The summed E-state index contributed by atoms with van der Waals surface area (Å²) in [7, 11) is 1.49. The molecular weight excluding hydrogens is 374 g/mol. The summed E-state index contributed by atoms with van der Waals surface area (Å²) in [6.07, 6.45) is 1.74. The quantitative estimate of drug-likeness (QED) is 0.717. The van der Waals surface area contributed by atoms with E-state index in [1.807, 2.05) is 24.3 Å². The zero-order chi connectivity index (χ0) is 20.1. The summed E-state index contributed by atoms with van der Waals surface area (Å²) in [4.78, 5) is 19.6. The lowest BCUT2D eigenvalue weighted by molar-refractivity contribution is -0.115. The van der Waals surface area contributed by atoms with Gasteiger partial charge in [0.2, 0.25) is 0 Å². The predicted octanol–water partition coefficient (Wildman–Crippen LogP) is 4.14. The standard InChI is InChI=1S/C21H23N3O3S/c1-4-24(5-2)16-9-7-15(8-10-16)22-21-23-20(26)19(28-21)13-14-6-11-17(25)18(12-14)27-3/h6-13,25H,4-5H2,1-3H3,(H,22,23,26). The number of anilines is 1. The molecule has 0 unspecified atom stereocenters. The van der Waals surface area contributed by atoms with Crippen molar-refractivity contribution in [2.24, 2.45) is 4.99 Å².